The van der Waals surface area contributed by atoms with Crippen LogP contribution in [-0.2, 0) is 9.53 Å². The Kier molecular flexibility index (Phi) is 6.95. The Morgan fingerprint density at radius 2 is 1.55 bits per heavy atom. The van der Waals surface area contributed by atoms with Crippen LogP contribution in [0.2, 0.25) is 0 Å². The molecule has 0 atom stereocenters. The van der Waals surface area contributed by atoms with E-state index in [-0.39, 0.29) is 17.5 Å². The van der Waals surface area contributed by atoms with Crippen molar-refractivity contribution in [3.8, 4) is 5.88 Å². The number of hydrogen-bond acceptors (Lipinski definition) is 5. The minimum atomic E-state index is -0.660. The zero-order valence-electron chi connectivity index (χ0n) is 16.1. The summed E-state index contributed by atoms with van der Waals surface area (Å²) < 4.78 is 10.5. The van der Waals surface area contributed by atoms with Gasteiger partial charge in [0.25, 0.3) is 5.91 Å². The second-order valence-electron chi connectivity index (χ2n) is 6.19. The van der Waals surface area contributed by atoms with Crippen LogP contribution in [0.4, 0.5) is 0 Å². The number of nitrogens with zero attached hydrogens (tertiary/aromatic N) is 1. The fraction of sp³-hybridized carbons (Fsp3) is 0.174. The van der Waals surface area contributed by atoms with Gasteiger partial charge in [-0.1, -0.05) is 60.7 Å². The first-order chi connectivity index (χ1) is 14.2. The van der Waals surface area contributed by atoms with Crippen molar-refractivity contribution in [3.63, 3.8) is 0 Å². The maximum Gasteiger partial charge on any atom is 0.344 e. The molecule has 29 heavy (non-hydrogen) atoms. The molecule has 1 amide bonds. The number of aromatic nitrogens is 1. The third-order valence-corrected chi connectivity index (χ3v) is 4.18. The summed E-state index contributed by atoms with van der Waals surface area (Å²) in [5.41, 5.74) is 2.05. The van der Waals surface area contributed by atoms with Crippen LogP contribution in [-0.4, -0.2) is 30.1 Å². The van der Waals surface area contributed by atoms with Crippen molar-refractivity contribution in [3.05, 3.63) is 95.7 Å². The van der Waals surface area contributed by atoms with Crippen molar-refractivity contribution in [1.82, 2.24) is 10.3 Å². The van der Waals surface area contributed by atoms with Gasteiger partial charge in [-0.15, -0.1) is 0 Å². The summed E-state index contributed by atoms with van der Waals surface area (Å²) in [5, 5.41) is 2.93. The van der Waals surface area contributed by atoms with Gasteiger partial charge in [0.2, 0.25) is 5.88 Å². The third kappa shape index (κ3) is 5.42. The summed E-state index contributed by atoms with van der Waals surface area (Å²) in [7, 11) is 0. The van der Waals surface area contributed by atoms with Crippen LogP contribution in [0.25, 0.3) is 0 Å². The molecule has 0 saturated heterocycles. The molecule has 148 valence electrons. The lowest BCUT2D eigenvalue weighted by Crippen LogP contribution is -2.33. The summed E-state index contributed by atoms with van der Waals surface area (Å²) in [6, 6.07) is 22.0. The van der Waals surface area contributed by atoms with E-state index in [0.717, 1.165) is 11.1 Å². The monoisotopic (exact) mass is 390 g/mol. The number of pyridine rings is 1. The zero-order valence-corrected chi connectivity index (χ0v) is 16.1. The summed E-state index contributed by atoms with van der Waals surface area (Å²) >= 11 is 0. The first kappa shape index (κ1) is 20.1. The van der Waals surface area contributed by atoms with Crippen molar-refractivity contribution >= 4 is 11.9 Å². The molecule has 0 radical (unpaired) electrons. The van der Waals surface area contributed by atoms with Gasteiger partial charge in [-0.3, -0.25) is 4.79 Å². The number of ether oxygens (including phenoxy) is 2. The smallest absolute Gasteiger partial charge is 0.344 e. The highest BCUT2D eigenvalue weighted by Crippen LogP contribution is 2.21. The first-order valence-corrected chi connectivity index (χ1v) is 9.33. The molecule has 1 aromatic heterocycles. The number of carbonyl (C=O) groups excluding carboxylic acids is 2. The van der Waals surface area contributed by atoms with Gasteiger partial charge in [0.15, 0.2) is 6.61 Å². The molecule has 0 bridgehead atoms. The topological polar surface area (TPSA) is 77.5 Å². The van der Waals surface area contributed by atoms with E-state index in [1.165, 1.54) is 6.20 Å². The molecule has 1 heterocycles. The van der Waals surface area contributed by atoms with Crippen LogP contribution < -0.4 is 10.1 Å². The highest BCUT2D eigenvalue weighted by Gasteiger charge is 2.19. The zero-order chi connectivity index (χ0) is 20.5. The van der Waals surface area contributed by atoms with E-state index in [9.17, 15) is 9.59 Å². The van der Waals surface area contributed by atoms with Gasteiger partial charge in [-0.25, -0.2) is 9.78 Å². The van der Waals surface area contributed by atoms with Crippen molar-refractivity contribution in [2.75, 3.05) is 13.2 Å². The van der Waals surface area contributed by atoms with Crippen LogP contribution in [0.1, 0.15) is 34.5 Å². The van der Waals surface area contributed by atoms with Crippen LogP contribution in [0.3, 0.4) is 0 Å². The lowest BCUT2D eigenvalue weighted by Gasteiger charge is -2.20. The molecule has 0 saturated carbocycles. The molecular weight excluding hydrogens is 368 g/mol. The van der Waals surface area contributed by atoms with E-state index in [0.29, 0.717) is 6.61 Å². The molecule has 0 aliphatic heterocycles. The van der Waals surface area contributed by atoms with Gasteiger partial charge in [-0.2, -0.15) is 0 Å². The molecule has 0 spiro atoms. The molecule has 3 aromatic rings. The first-order valence-electron chi connectivity index (χ1n) is 9.33. The molecule has 0 aliphatic rings. The number of hydrogen-bond donors (Lipinski definition) is 1. The number of amides is 1. The molecule has 1 N–H and O–H groups in total. The van der Waals surface area contributed by atoms with Crippen molar-refractivity contribution in [1.29, 1.82) is 0 Å². The SMILES string of the molecule is CCOc1ncccc1C(=O)OCC(=O)NC(c1ccccc1)c1ccccc1. The third-order valence-electron chi connectivity index (χ3n) is 4.18. The standard InChI is InChI=1S/C23H22N2O4/c1-2-28-22-19(14-9-15-24-22)23(27)29-16-20(26)25-21(17-10-5-3-6-11-17)18-12-7-4-8-13-18/h3-15,21H,2,16H2,1H3,(H,25,26). The average Bonchev–Trinajstić information content (AvgIpc) is 2.77. The van der Waals surface area contributed by atoms with E-state index >= 15 is 0 Å². The second kappa shape index (κ2) is 10.0. The van der Waals surface area contributed by atoms with E-state index in [1.807, 2.05) is 60.7 Å². The molecule has 6 nitrogen and oxygen atoms in total. The minimum absolute atomic E-state index is 0.185. The largest absolute Gasteiger partial charge is 0.477 e. The summed E-state index contributed by atoms with van der Waals surface area (Å²) in [4.78, 5) is 28.9. The van der Waals surface area contributed by atoms with Crippen LogP contribution >= 0.6 is 0 Å². The molecule has 0 aliphatic carbocycles. The second-order valence-corrected chi connectivity index (χ2v) is 6.19. The Balaban J connectivity index is 1.67. The number of nitrogens with one attached hydrogen (secondary N) is 1. The fourth-order valence-corrected chi connectivity index (χ4v) is 2.86. The van der Waals surface area contributed by atoms with E-state index in [1.54, 1.807) is 19.1 Å². The van der Waals surface area contributed by atoms with Crippen molar-refractivity contribution < 1.29 is 19.1 Å². The van der Waals surface area contributed by atoms with Crippen molar-refractivity contribution in [2.24, 2.45) is 0 Å². The van der Waals surface area contributed by atoms with Crippen LogP contribution in [0.5, 0.6) is 5.88 Å². The highest BCUT2D eigenvalue weighted by atomic mass is 16.5. The number of benzene rings is 2. The van der Waals surface area contributed by atoms with Gasteiger partial charge in [-0.05, 0) is 30.2 Å². The summed E-state index contributed by atoms with van der Waals surface area (Å²) in [5.74, 6) is -0.877. The van der Waals surface area contributed by atoms with E-state index in [4.69, 9.17) is 9.47 Å². The van der Waals surface area contributed by atoms with E-state index in [2.05, 4.69) is 10.3 Å². The lowest BCUT2D eigenvalue weighted by molar-refractivity contribution is -0.124. The highest BCUT2D eigenvalue weighted by molar-refractivity contribution is 5.93. The van der Waals surface area contributed by atoms with Crippen LogP contribution in [0, 0.1) is 0 Å². The Bertz CT molecular complexity index is 906. The van der Waals surface area contributed by atoms with Gasteiger partial charge in [0.1, 0.15) is 5.56 Å². The van der Waals surface area contributed by atoms with Gasteiger partial charge >= 0.3 is 5.97 Å². The Morgan fingerprint density at radius 3 is 2.14 bits per heavy atom. The van der Waals surface area contributed by atoms with Gasteiger partial charge < -0.3 is 14.8 Å². The number of rotatable bonds is 8. The quantitative estimate of drug-likeness (QED) is 0.595. The van der Waals surface area contributed by atoms with E-state index < -0.39 is 18.5 Å². The molecule has 3 rings (SSSR count). The van der Waals surface area contributed by atoms with Crippen molar-refractivity contribution in [2.45, 2.75) is 13.0 Å². The maximum atomic E-state index is 12.5. The van der Waals surface area contributed by atoms with Gasteiger partial charge in [0, 0.05) is 6.20 Å². The lowest BCUT2D eigenvalue weighted by atomic mass is 9.99. The fourth-order valence-electron chi connectivity index (χ4n) is 2.86. The predicted molar refractivity (Wildman–Crippen MR) is 109 cm³/mol. The average molecular weight is 390 g/mol. The summed E-state index contributed by atoms with van der Waals surface area (Å²) in [6.07, 6.45) is 1.53. The molecule has 6 heteroatoms. The minimum Gasteiger partial charge on any atom is -0.477 e. The maximum absolute atomic E-state index is 12.5. The Morgan fingerprint density at radius 1 is 0.931 bits per heavy atom. The molecule has 0 unspecified atom stereocenters. The Labute approximate surface area is 169 Å². The number of esters is 1. The molecule has 2 aromatic carbocycles. The summed E-state index contributed by atoms with van der Waals surface area (Å²) in [6.45, 7) is 1.76. The normalized spacial score (nSPS) is 10.4. The van der Waals surface area contributed by atoms with Crippen LogP contribution in [0.15, 0.2) is 79.0 Å². The predicted octanol–water partition coefficient (Wildman–Crippen LogP) is 3.54. The molecule has 0 fully saturated rings. The Hall–Kier alpha value is -3.67. The van der Waals surface area contributed by atoms with Gasteiger partial charge in [0.05, 0.1) is 12.6 Å². The number of carbonyl (C=O) groups is 2. The molecular formula is C23H22N2O4.